The highest BCUT2D eigenvalue weighted by atomic mass is 127. The molecule has 7 heteroatoms. The van der Waals surface area contributed by atoms with Gasteiger partial charge >= 0.3 is 0 Å². The summed E-state index contributed by atoms with van der Waals surface area (Å²) in [5.41, 5.74) is 1.36. The van der Waals surface area contributed by atoms with E-state index >= 15 is 0 Å². The van der Waals surface area contributed by atoms with Crippen molar-refractivity contribution in [1.82, 2.24) is 15.1 Å². The molecule has 1 atom stereocenters. The lowest BCUT2D eigenvalue weighted by molar-refractivity contribution is 0.0536. The minimum atomic E-state index is 0. The lowest BCUT2D eigenvalue weighted by atomic mass is 10.1. The van der Waals surface area contributed by atoms with E-state index in [9.17, 15) is 0 Å². The molecule has 1 N–H and O–H groups in total. The van der Waals surface area contributed by atoms with Crippen LogP contribution < -0.4 is 5.32 Å². The zero-order chi connectivity index (χ0) is 19.3. The molecule has 1 saturated heterocycles. The number of halogens is 1. The van der Waals surface area contributed by atoms with Crippen molar-refractivity contribution in [2.45, 2.75) is 19.4 Å². The Kier molecular flexibility index (Phi) is 13.5. The van der Waals surface area contributed by atoms with Crippen molar-refractivity contribution in [2.75, 3.05) is 67.2 Å². The Hall–Kier alpha value is -0.900. The summed E-state index contributed by atoms with van der Waals surface area (Å²) in [6.45, 7) is 7.21. The normalized spacial score (nSPS) is 17.1. The number of hydrogen-bond acceptors (Lipinski definition) is 4. The smallest absolute Gasteiger partial charge is 0.193 e. The fourth-order valence-corrected chi connectivity index (χ4v) is 3.41. The van der Waals surface area contributed by atoms with Gasteiger partial charge in [-0.05, 0) is 32.0 Å². The number of nitrogens with zero attached hydrogens (tertiary/aromatic N) is 3. The van der Waals surface area contributed by atoms with Crippen molar-refractivity contribution in [3.8, 4) is 0 Å². The van der Waals surface area contributed by atoms with E-state index in [1.54, 1.807) is 7.11 Å². The van der Waals surface area contributed by atoms with Crippen LogP contribution in [0.2, 0.25) is 0 Å². The van der Waals surface area contributed by atoms with Crippen LogP contribution in [0.3, 0.4) is 0 Å². The fraction of sp³-hybridized carbons (Fsp3) is 0.667. The van der Waals surface area contributed by atoms with E-state index in [2.05, 4.69) is 57.5 Å². The second kappa shape index (κ2) is 15.0. The minimum absolute atomic E-state index is 0. The molecule has 2 rings (SSSR count). The molecule has 0 amide bonds. The van der Waals surface area contributed by atoms with E-state index in [4.69, 9.17) is 9.47 Å². The maximum atomic E-state index is 5.68. The Morgan fingerprint density at radius 1 is 1.29 bits per heavy atom. The van der Waals surface area contributed by atoms with Crippen LogP contribution in [0.1, 0.15) is 18.4 Å². The standard InChI is InChI=1S/C21H36N4O2.HI/c1-22-21(25-13-10-20(17-25)18-27-15-14-26-3)23-11-7-12-24(2)16-19-8-5-4-6-9-19;/h4-6,8-9,20H,7,10-18H2,1-3H3,(H,22,23);1H. The second-order valence-electron chi connectivity index (χ2n) is 7.22. The van der Waals surface area contributed by atoms with Gasteiger partial charge in [0, 0.05) is 46.3 Å². The number of nitrogens with one attached hydrogen (secondary N) is 1. The van der Waals surface area contributed by atoms with Crippen molar-refractivity contribution < 1.29 is 9.47 Å². The Morgan fingerprint density at radius 3 is 2.79 bits per heavy atom. The van der Waals surface area contributed by atoms with E-state index < -0.39 is 0 Å². The first-order valence-corrected chi connectivity index (χ1v) is 9.97. The van der Waals surface area contributed by atoms with Gasteiger partial charge < -0.3 is 24.6 Å². The Labute approximate surface area is 187 Å². The van der Waals surface area contributed by atoms with Crippen LogP contribution in [0.5, 0.6) is 0 Å². The summed E-state index contributed by atoms with van der Waals surface area (Å²) < 4.78 is 10.7. The van der Waals surface area contributed by atoms with Gasteiger partial charge in [-0.2, -0.15) is 0 Å². The number of ether oxygens (including phenoxy) is 2. The SMILES string of the molecule is CN=C(NCCCN(C)Cc1ccccc1)N1CCC(COCCOC)C1.I. The quantitative estimate of drug-likeness (QED) is 0.218. The molecule has 28 heavy (non-hydrogen) atoms. The van der Waals surface area contributed by atoms with Gasteiger partial charge in [-0.1, -0.05) is 30.3 Å². The van der Waals surface area contributed by atoms with Gasteiger partial charge in [0.25, 0.3) is 0 Å². The van der Waals surface area contributed by atoms with Gasteiger partial charge in [-0.3, -0.25) is 4.99 Å². The van der Waals surface area contributed by atoms with E-state index in [1.807, 2.05) is 7.05 Å². The van der Waals surface area contributed by atoms with Gasteiger partial charge in [-0.15, -0.1) is 24.0 Å². The molecule has 0 aliphatic carbocycles. The third kappa shape index (κ3) is 9.54. The van der Waals surface area contributed by atoms with Gasteiger partial charge in [0.1, 0.15) is 0 Å². The summed E-state index contributed by atoms with van der Waals surface area (Å²) in [5, 5.41) is 3.52. The van der Waals surface area contributed by atoms with E-state index in [-0.39, 0.29) is 24.0 Å². The Balaban J connectivity index is 0.00000392. The average molecular weight is 504 g/mol. The lowest BCUT2D eigenvalue weighted by Crippen LogP contribution is -2.41. The summed E-state index contributed by atoms with van der Waals surface area (Å²) in [6.07, 6.45) is 2.26. The lowest BCUT2D eigenvalue weighted by Gasteiger charge is -2.22. The molecule has 0 bridgehead atoms. The summed E-state index contributed by atoms with van der Waals surface area (Å²) in [7, 11) is 5.75. The molecule has 1 unspecified atom stereocenters. The number of benzene rings is 1. The molecular formula is C21H37IN4O2. The van der Waals surface area contributed by atoms with Crippen LogP contribution in [0.4, 0.5) is 0 Å². The van der Waals surface area contributed by atoms with Crippen molar-refractivity contribution >= 4 is 29.9 Å². The van der Waals surface area contributed by atoms with E-state index in [0.717, 1.165) is 58.1 Å². The number of aliphatic imine (C=N–C) groups is 1. The first kappa shape index (κ1) is 25.1. The molecule has 0 radical (unpaired) electrons. The monoisotopic (exact) mass is 504 g/mol. The maximum absolute atomic E-state index is 5.68. The summed E-state index contributed by atoms with van der Waals surface area (Å²) in [6, 6.07) is 10.6. The molecule has 0 aromatic heterocycles. The fourth-order valence-electron chi connectivity index (χ4n) is 3.41. The van der Waals surface area contributed by atoms with Crippen molar-refractivity contribution in [3.05, 3.63) is 35.9 Å². The van der Waals surface area contributed by atoms with Crippen LogP contribution in [-0.4, -0.2) is 83.0 Å². The third-order valence-electron chi connectivity index (χ3n) is 4.88. The molecule has 6 nitrogen and oxygen atoms in total. The van der Waals surface area contributed by atoms with Crippen LogP contribution in [-0.2, 0) is 16.0 Å². The van der Waals surface area contributed by atoms with Gasteiger partial charge in [-0.25, -0.2) is 0 Å². The zero-order valence-corrected chi connectivity index (χ0v) is 19.9. The average Bonchev–Trinajstić information content (AvgIpc) is 3.15. The summed E-state index contributed by atoms with van der Waals surface area (Å²) in [4.78, 5) is 9.17. The maximum Gasteiger partial charge on any atom is 0.193 e. The minimum Gasteiger partial charge on any atom is -0.382 e. The third-order valence-corrected chi connectivity index (χ3v) is 4.88. The van der Waals surface area contributed by atoms with Crippen molar-refractivity contribution in [2.24, 2.45) is 10.9 Å². The molecule has 0 saturated carbocycles. The van der Waals surface area contributed by atoms with Crippen LogP contribution in [0, 0.1) is 5.92 Å². The first-order valence-electron chi connectivity index (χ1n) is 9.97. The van der Waals surface area contributed by atoms with Crippen molar-refractivity contribution in [3.63, 3.8) is 0 Å². The van der Waals surface area contributed by atoms with Crippen molar-refractivity contribution in [1.29, 1.82) is 0 Å². The Bertz CT molecular complexity index is 544. The number of likely N-dealkylation sites (tertiary alicyclic amines) is 1. The number of hydrogen-bond donors (Lipinski definition) is 1. The van der Waals surface area contributed by atoms with Gasteiger partial charge in [0.2, 0.25) is 0 Å². The molecular weight excluding hydrogens is 467 g/mol. The first-order chi connectivity index (χ1) is 13.2. The molecule has 1 fully saturated rings. The highest BCUT2D eigenvalue weighted by molar-refractivity contribution is 14.0. The summed E-state index contributed by atoms with van der Waals surface area (Å²) >= 11 is 0. The zero-order valence-electron chi connectivity index (χ0n) is 17.6. The molecule has 1 aliphatic heterocycles. The predicted octanol–water partition coefficient (Wildman–Crippen LogP) is 2.69. The predicted molar refractivity (Wildman–Crippen MR) is 127 cm³/mol. The van der Waals surface area contributed by atoms with Gasteiger partial charge in [0.05, 0.1) is 19.8 Å². The largest absolute Gasteiger partial charge is 0.382 e. The van der Waals surface area contributed by atoms with Crippen LogP contribution in [0.15, 0.2) is 35.3 Å². The topological polar surface area (TPSA) is 49.3 Å². The second-order valence-corrected chi connectivity index (χ2v) is 7.22. The molecule has 1 aromatic carbocycles. The highest BCUT2D eigenvalue weighted by Crippen LogP contribution is 2.16. The van der Waals surface area contributed by atoms with E-state index in [0.29, 0.717) is 19.1 Å². The number of methoxy groups -OCH3 is 1. The highest BCUT2D eigenvalue weighted by Gasteiger charge is 2.24. The van der Waals surface area contributed by atoms with Crippen LogP contribution in [0.25, 0.3) is 0 Å². The molecule has 0 spiro atoms. The molecule has 160 valence electrons. The van der Waals surface area contributed by atoms with Gasteiger partial charge in [0.15, 0.2) is 5.96 Å². The molecule has 1 aliphatic rings. The Morgan fingerprint density at radius 2 is 2.07 bits per heavy atom. The number of rotatable bonds is 11. The summed E-state index contributed by atoms with van der Waals surface area (Å²) in [5.74, 6) is 1.59. The molecule has 1 heterocycles. The number of guanidine groups is 1. The van der Waals surface area contributed by atoms with E-state index in [1.165, 1.54) is 5.56 Å². The molecule has 1 aromatic rings. The van der Waals surface area contributed by atoms with Crippen LogP contribution >= 0.6 is 24.0 Å².